The van der Waals surface area contributed by atoms with Crippen molar-refractivity contribution >= 4 is 11.7 Å². The first-order chi connectivity index (χ1) is 7.72. The fourth-order valence-electron chi connectivity index (χ4n) is 1.22. The Morgan fingerprint density at radius 2 is 2.38 bits per heavy atom. The van der Waals surface area contributed by atoms with Crippen molar-refractivity contribution in [3.8, 4) is 5.88 Å². The Labute approximate surface area is 95.0 Å². The lowest BCUT2D eigenvalue weighted by Crippen LogP contribution is -2.13. The summed E-state index contributed by atoms with van der Waals surface area (Å²) in [4.78, 5) is 14.7. The van der Waals surface area contributed by atoms with Gasteiger partial charge in [-0.2, -0.15) is 4.98 Å². The van der Waals surface area contributed by atoms with Crippen molar-refractivity contribution in [1.82, 2.24) is 4.98 Å². The van der Waals surface area contributed by atoms with Crippen LogP contribution in [0.2, 0.25) is 0 Å². The highest BCUT2D eigenvalue weighted by molar-refractivity contribution is 5.73. The van der Waals surface area contributed by atoms with Crippen LogP contribution in [0.25, 0.3) is 0 Å². The average molecular weight is 223 g/mol. The Bertz CT molecular complexity index is 342. The molecular weight excluding hydrogens is 206 g/mol. The minimum absolute atomic E-state index is 0.280. The SMILES string of the molecule is CCOc1cccc(NCCCC(N)=O)n1. The Kier molecular flexibility index (Phi) is 5.11. The van der Waals surface area contributed by atoms with Crippen LogP contribution < -0.4 is 15.8 Å². The number of primary amides is 1. The second kappa shape index (κ2) is 6.66. The molecule has 0 aliphatic heterocycles. The van der Waals surface area contributed by atoms with Gasteiger partial charge in [0.15, 0.2) is 0 Å². The van der Waals surface area contributed by atoms with E-state index in [1.54, 1.807) is 6.07 Å². The molecule has 0 bridgehead atoms. The van der Waals surface area contributed by atoms with E-state index < -0.39 is 0 Å². The van der Waals surface area contributed by atoms with E-state index in [4.69, 9.17) is 10.5 Å². The van der Waals surface area contributed by atoms with Gasteiger partial charge in [0.25, 0.3) is 0 Å². The number of nitrogens with one attached hydrogen (secondary N) is 1. The third kappa shape index (κ3) is 4.63. The predicted molar refractivity (Wildman–Crippen MR) is 62.3 cm³/mol. The number of anilines is 1. The maximum Gasteiger partial charge on any atom is 0.217 e. The largest absolute Gasteiger partial charge is 0.478 e. The van der Waals surface area contributed by atoms with Gasteiger partial charge >= 0.3 is 0 Å². The number of nitrogens with two attached hydrogens (primary N) is 1. The van der Waals surface area contributed by atoms with E-state index in [9.17, 15) is 4.79 Å². The molecular formula is C11H17N3O2. The molecule has 0 saturated carbocycles. The molecule has 0 radical (unpaired) electrons. The highest BCUT2D eigenvalue weighted by atomic mass is 16.5. The first kappa shape index (κ1) is 12.3. The number of rotatable bonds is 7. The lowest BCUT2D eigenvalue weighted by atomic mass is 10.3. The lowest BCUT2D eigenvalue weighted by molar-refractivity contribution is -0.118. The van der Waals surface area contributed by atoms with Crippen LogP contribution in [0.1, 0.15) is 19.8 Å². The molecule has 0 unspecified atom stereocenters. The summed E-state index contributed by atoms with van der Waals surface area (Å²) in [5, 5.41) is 3.10. The summed E-state index contributed by atoms with van der Waals surface area (Å²) < 4.78 is 5.27. The molecule has 0 aliphatic carbocycles. The molecule has 1 aromatic rings. The molecule has 0 aromatic carbocycles. The van der Waals surface area contributed by atoms with Crippen molar-refractivity contribution in [2.24, 2.45) is 5.73 Å². The quantitative estimate of drug-likeness (QED) is 0.680. The third-order valence-electron chi connectivity index (χ3n) is 1.92. The number of carbonyl (C=O) groups excluding carboxylic acids is 1. The Morgan fingerprint density at radius 3 is 3.06 bits per heavy atom. The zero-order chi connectivity index (χ0) is 11.8. The van der Waals surface area contributed by atoms with E-state index in [1.807, 2.05) is 19.1 Å². The van der Waals surface area contributed by atoms with Crippen LogP contribution in [0, 0.1) is 0 Å². The molecule has 3 N–H and O–H groups in total. The van der Waals surface area contributed by atoms with Crippen LogP contribution in [-0.4, -0.2) is 24.0 Å². The van der Waals surface area contributed by atoms with Crippen LogP contribution in [0.15, 0.2) is 18.2 Å². The Hall–Kier alpha value is -1.78. The third-order valence-corrected chi connectivity index (χ3v) is 1.92. The predicted octanol–water partition coefficient (Wildman–Crippen LogP) is 1.16. The monoisotopic (exact) mass is 223 g/mol. The van der Waals surface area contributed by atoms with Gasteiger partial charge in [-0.15, -0.1) is 0 Å². The molecule has 0 atom stereocenters. The van der Waals surface area contributed by atoms with Gasteiger partial charge in [-0.1, -0.05) is 6.07 Å². The standard InChI is InChI=1S/C11H17N3O2/c1-2-16-11-7-3-6-10(14-11)13-8-4-5-9(12)15/h3,6-7H,2,4-5,8H2,1H3,(H2,12,15)(H,13,14). The highest BCUT2D eigenvalue weighted by Gasteiger charge is 1.98. The molecule has 1 amide bonds. The molecule has 0 spiro atoms. The number of aromatic nitrogens is 1. The summed E-state index contributed by atoms with van der Waals surface area (Å²) in [6.45, 7) is 3.18. The van der Waals surface area contributed by atoms with Gasteiger partial charge in [-0.25, -0.2) is 0 Å². The van der Waals surface area contributed by atoms with Crippen molar-refractivity contribution < 1.29 is 9.53 Å². The molecule has 88 valence electrons. The molecule has 5 heteroatoms. The summed E-state index contributed by atoms with van der Waals surface area (Å²) in [5.74, 6) is 1.07. The molecule has 0 fully saturated rings. The van der Waals surface area contributed by atoms with E-state index in [0.29, 0.717) is 31.9 Å². The molecule has 5 nitrogen and oxygen atoms in total. The number of ether oxygens (including phenoxy) is 1. The summed E-state index contributed by atoms with van der Waals surface area (Å²) in [6.07, 6.45) is 1.09. The zero-order valence-electron chi connectivity index (χ0n) is 9.40. The van der Waals surface area contributed by atoms with Gasteiger partial charge in [0.2, 0.25) is 11.8 Å². The summed E-state index contributed by atoms with van der Waals surface area (Å²) in [6, 6.07) is 5.53. The van der Waals surface area contributed by atoms with Crippen molar-refractivity contribution in [2.45, 2.75) is 19.8 Å². The zero-order valence-corrected chi connectivity index (χ0v) is 9.40. The fraction of sp³-hybridized carbons (Fsp3) is 0.455. The number of amides is 1. The van der Waals surface area contributed by atoms with Gasteiger partial charge in [0.05, 0.1) is 6.61 Å². The fourth-order valence-corrected chi connectivity index (χ4v) is 1.22. The second-order valence-corrected chi connectivity index (χ2v) is 3.29. The van der Waals surface area contributed by atoms with Crippen molar-refractivity contribution in [3.63, 3.8) is 0 Å². The van der Waals surface area contributed by atoms with Crippen LogP contribution >= 0.6 is 0 Å². The van der Waals surface area contributed by atoms with Crippen molar-refractivity contribution in [3.05, 3.63) is 18.2 Å². The number of nitrogens with zero attached hydrogens (tertiary/aromatic N) is 1. The molecule has 1 heterocycles. The number of hydrogen-bond acceptors (Lipinski definition) is 4. The van der Waals surface area contributed by atoms with Crippen LogP contribution in [0.3, 0.4) is 0 Å². The van der Waals surface area contributed by atoms with Crippen molar-refractivity contribution in [2.75, 3.05) is 18.5 Å². The Morgan fingerprint density at radius 1 is 1.56 bits per heavy atom. The maximum atomic E-state index is 10.5. The highest BCUT2D eigenvalue weighted by Crippen LogP contribution is 2.11. The minimum Gasteiger partial charge on any atom is -0.478 e. The number of carbonyl (C=O) groups is 1. The smallest absolute Gasteiger partial charge is 0.217 e. The molecule has 16 heavy (non-hydrogen) atoms. The van der Waals surface area contributed by atoms with Gasteiger partial charge in [0, 0.05) is 19.0 Å². The van der Waals surface area contributed by atoms with Crippen LogP contribution in [-0.2, 0) is 4.79 Å². The van der Waals surface area contributed by atoms with E-state index in [-0.39, 0.29) is 5.91 Å². The molecule has 1 aromatic heterocycles. The molecule has 0 saturated heterocycles. The van der Waals surface area contributed by atoms with E-state index >= 15 is 0 Å². The van der Waals surface area contributed by atoms with Gasteiger partial charge < -0.3 is 15.8 Å². The average Bonchev–Trinajstić information content (AvgIpc) is 2.25. The minimum atomic E-state index is -0.280. The topological polar surface area (TPSA) is 77.2 Å². The van der Waals surface area contributed by atoms with Gasteiger partial charge in [0.1, 0.15) is 5.82 Å². The summed E-state index contributed by atoms with van der Waals surface area (Å²) >= 11 is 0. The van der Waals surface area contributed by atoms with Crippen molar-refractivity contribution in [1.29, 1.82) is 0 Å². The molecule has 1 rings (SSSR count). The Balaban J connectivity index is 2.35. The summed E-state index contributed by atoms with van der Waals surface area (Å²) in [7, 11) is 0. The van der Waals surface area contributed by atoms with Gasteiger partial charge in [-0.3, -0.25) is 4.79 Å². The van der Waals surface area contributed by atoms with Gasteiger partial charge in [-0.05, 0) is 19.4 Å². The lowest BCUT2D eigenvalue weighted by Gasteiger charge is -2.06. The van der Waals surface area contributed by atoms with Crippen LogP contribution in [0.5, 0.6) is 5.88 Å². The van der Waals surface area contributed by atoms with E-state index in [2.05, 4.69) is 10.3 Å². The van der Waals surface area contributed by atoms with E-state index in [0.717, 1.165) is 5.82 Å². The maximum absolute atomic E-state index is 10.5. The summed E-state index contributed by atoms with van der Waals surface area (Å²) in [5.41, 5.74) is 5.03. The molecule has 0 aliphatic rings. The normalized spacial score (nSPS) is 9.81. The van der Waals surface area contributed by atoms with E-state index in [1.165, 1.54) is 0 Å². The number of hydrogen-bond donors (Lipinski definition) is 2. The second-order valence-electron chi connectivity index (χ2n) is 3.29. The van der Waals surface area contributed by atoms with Crippen LogP contribution in [0.4, 0.5) is 5.82 Å². The number of pyridine rings is 1. The first-order valence-electron chi connectivity index (χ1n) is 5.34. The first-order valence-corrected chi connectivity index (χ1v) is 5.34.